The Bertz CT molecular complexity index is 540. The van der Waals surface area contributed by atoms with Gasteiger partial charge < -0.3 is 4.90 Å². The van der Waals surface area contributed by atoms with Crippen molar-refractivity contribution in [3.63, 3.8) is 0 Å². The lowest BCUT2D eigenvalue weighted by Gasteiger charge is -2.18. The molecule has 1 aromatic heterocycles. The molecule has 0 aliphatic rings. The number of nitriles is 1. The number of hydrogen-bond donors (Lipinski definition) is 0. The zero-order valence-electron chi connectivity index (χ0n) is 9.77. The van der Waals surface area contributed by atoms with Crippen molar-refractivity contribution in [1.29, 1.82) is 5.26 Å². The van der Waals surface area contributed by atoms with Crippen LogP contribution >= 0.6 is 11.3 Å². The van der Waals surface area contributed by atoms with Gasteiger partial charge in [0.25, 0.3) is 0 Å². The molecular weight excluding hydrogens is 230 g/mol. The zero-order valence-corrected chi connectivity index (χ0v) is 10.6. The second-order valence-electron chi connectivity index (χ2n) is 3.68. The van der Waals surface area contributed by atoms with E-state index in [9.17, 15) is 5.26 Å². The van der Waals surface area contributed by atoms with Crippen LogP contribution < -0.4 is 4.90 Å². The second kappa shape index (κ2) is 4.98. The Labute approximate surface area is 105 Å². The van der Waals surface area contributed by atoms with E-state index in [-0.39, 0.29) is 0 Å². The van der Waals surface area contributed by atoms with Crippen molar-refractivity contribution < 1.29 is 0 Å². The third-order valence-corrected chi connectivity index (χ3v) is 3.23. The van der Waals surface area contributed by atoms with Crippen molar-refractivity contribution in [2.24, 2.45) is 0 Å². The fourth-order valence-electron chi connectivity index (χ4n) is 1.60. The van der Waals surface area contributed by atoms with E-state index in [1.54, 1.807) is 0 Å². The van der Waals surface area contributed by atoms with E-state index in [2.05, 4.69) is 28.4 Å². The molecule has 1 radical (unpaired) electrons. The predicted molar refractivity (Wildman–Crippen MR) is 70.0 cm³/mol. The third-order valence-electron chi connectivity index (χ3n) is 2.69. The molecule has 0 N–H and O–H groups in total. The molecule has 0 aliphatic carbocycles. The van der Waals surface area contributed by atoms with Gasteiger partial charge >= 0.3 is 0 Å². The fraction of sp³-hybridized carbons (Fsp3) is 0.231. The van der Waals surface area contributed by atoms with Crippen LogP contribution in [0.3, 0.4) is 0 Å². The first-order valence-electron chi connectivity index (χ1n) is 5.33. The van der Waals surface area contributed by atoms with Gasteiger partial charge in [-0.1, -0.05) is 6.07 Å². The molecule has 0 unspecified atom stereocenters. The first-order chi connectivity index (χ1) is 8.26. The molecule has 3 nitrogen and oxygen atoms in total. The molecule has 0 atom stereocenters. The van der Waals surface area contributed by atoms with Crippen molar-refractivity contribution >= 4 is 17.0 Å². The highest BCUT2D eigenvalue weighted by Crippen LogP contribution is 2.26. The van der Waals surface area contributed by atoms with Crippen LogP contribution in [0.2, 0.25) is 0 Å². The van der Waals surface area contributed by atoms with Crippen LogP contribution in [0, 0.1) is 16.8 Å². The first kappa shape index (κ1) is 11.6. The van der Waals surface area contributed by atoms with Crippen LogP contribution in [-0.2, 0) is 0 Å². The SMILES string of the molecule is CCN(C)c1ccc(-c2cs[c]n2)cc1C#N. The maximum atomic E-state index is 9.18. The van der Waals surface area contributed by atoms with Crippen LogP contribution in [0.4, 0.5) is 5.69 Å². The molecule has 0 saturated heterocycles. The number of thiazole rings is 1. The van der Waals surface area contributed by atoms with Crippen molar-refractivity contribution in [1.82, 2.24) is 4.98 Å². The van der Waals surface area contributed by atoms with E-state index in [1.807, 2.05) is 30.6 Å². The van der Waals surface area contributed by atoms with Crippen LogP contribution in [0.5, 0.6) is 0 Å². The molecule has 2 aromatic rings. The van der Waals surface area contributed by atoms with Gasteiger partial charge in [0.2, 0.25) is 0 Å². The van der Waals surface area contributed by atoms with E-state index in [1.165, 1.54) is 11.3 Å². The number of aromatic nitrogens is 1. The van der Waals surface area contributed by atoms with Gasteiger partial charge in [-0.2, -0.15) is 5.26 Å². The predicted octanol–water partition coefficient (Wildman–Crippen LogP) is 2.94. The summed E-state index contributed by atoms with van der Waals surface area (Å²) in [5.74, 6) is 0. The lowest BCUT2D eigenvalue weighted by atomic mass is 10.1. The van der Waals surface area contributed by atoms with Gasteiger partial charge in [0.15, 0.2) is 5.51 Å². The van der Waals surface area contributed by atoms with Gasteiger partial charge in [-0.15, -0.1) is 11.3 Å². The quantitative estimate of drug-likeness (QED) is 0.830. The summed E-state index contributed by atoms with van der Waals surface area (Å²) >= 11 is 1.43. The normalized spacial score (nSPS) is 9.94. The summed E-state index contributed by atoms with van der Waals surface area (Å²) in [6.07, 6.45) is 0. The average molecular weight is 242 g/mol. The van der Waals surface area contributed by atoms with Crippen LogP contribution in [-0.4, -0.2) is 18.6 Å². The van der Waals surface area contributed by atoms with Gasteiger partial charge in [-0.25, -0.2) is 4.98 Å². The maximum Gasteiger partial charge on any atom is 0.152 e. The molecule has 2 rings (SSSR count). The Hall–Kier alpha value is -1.86. The molecule has 1 heterocycles. The van der Waals surface area contributed by atoms with Crippen molar-refractivity contribution in [2.75, 3.05) is 18.5 Å². The third kappa shape index (κ3) is 2.29. The highest BCUT2D eigenvalue weighted by molar-refractivity contribution is 7.07. The Morgan fingerprint density at radius 3 is 2.94 bits per heavy atom. The molecular formula is C13H12N3S. The molecule has 17 heavy (non-hydrogen) atoms. The number of benzene rings is 1. The summed E-state index contributed by atoms with van der Waals surface area (Å²) < 4.78 is 0. The monoisotopic (exact) mass is 242 g/mol. The van der Waals surface area contributed by atoms with E-state index in [4.69, 9.17) is 0 Å². The second-order valence-corrected chi connectivity index (χ2v) is 4.34. The first-order valence-corrected chi connectivity index (χ1v) is 6.21. The minimum Gasteiger partial charge on any atom is -0.374 e. The lowest BCUT2D eigenvalue weighted by Crippen LogP contribution is -2.16. The molecule has 0 amide bonds. The van der Waals surface area contributed by atoms with Gasteiger partial charge in [0.05, 0.1) is 16.9 Å². The largest absolute Gasteiger partial charge is 0.374 e. The summed E-state index contributed by atoms with van der Waals surface area (Å²) in [4.78, 5) is 6.18. The molecule has 85 valence electrons. The van der Waals surface area contributed by atoms with Crippen molar-refractivity contribution in [3.05, 3.63) is 34.7 Å². The number of hydrogen-bond acceptors (Lipinski definition) is 4. The van der Waals surface area contributed by atoms with Gasteiger partial charge in [0.1, 0.15) is 6.07 Å². The maximum absolute atomic E-state index is 9.18. The Kier molecular flexibility index (Phi) is 3.40. The molecule has 4 heteroatoms. The standard InChI is InChI=1S/C13H12N3S/c1-3-16(2)13-5-4-10(6-11(13)7-14)12-8-17-9-15-12/h4-6,8H,3H2,1-2H3. The molecule has 0 spiro atoms. The minimum atomic E-state index is 0.680. The smallest absolute Gasteiger partial charge is 0.152 e. The van der Waals surface area contributed by atoms with Gasteiger partial charge in [0, 0.05) is 24.5 Å². The zero-order chi connectivity index (χ0) is 12.3. The number of nitrogens with zero attached hydrogens (tertiary/aromatic N) is 3. The van der Waals surface area contributed by atoms with Gasteiger partial charge in [-0.05, 0) is 19.1 Å². The minimum absolute atomic E-state index is 0.680. The van der Waals surface area contributed by atoms with Crippen LogP contribution in [0.15, 0.2) is 23.6 Å². The summed E-state index contributed by atoms with van der Waals surface area (Å²) in [5, 5.41) is 11.1. The summed E-state index contributed by atoms with van der Waals surface area (Å²) in [6.45, 7) is 2.93. The van der Waals surface area contributed by atoms with Crippen LogP contribution in [0.1, 0.15) is 12.5 Å². The van der Waals surface area contributed by atoms with Crippen molar-refractivity contribution in [2.45, 2.75) is 6.92 Å². The van der Waals surface area contributed by atoms with Crippen molar-refractivity contribution in [3.8, 4) is 17.3 Å². The topological polar surface area (TPSA) is 39.9 Å². The Balaban J connectivity index is 2.46. The fourth-order valence-corrected chi connectivity index (χ4v) is 2.11. The highest BCUT2D eigenvalue weighted by atomic mass is 32.1. The van der Waals surface area contributed by atoms with E-state index in [0.717, 1.165) is 23.5 Å². The molecule has 0 fully saturated rings. The molecule has 0 bridgehead atoms. The highest BCUT2D eigenvalue weighted by Gasteiger charge is 2.08. The molecule has 0 aliphatic heterocycles. The van der Waals surface area contributed by atoms with Crippen LogP contribution in [0.25, 0.3) is 11.3 Å². The van der Waals surface area contributed by atoms with E-state index < -0.39 is 0 Å². The molecule has 0 saturated carbocycles. The Morgan fingerprint density at radius 2 is 2.35 bits per heavy atom. The van der Waals surface area contributed by atoms with E-state index in [0.29, 0.717) is 5.56 Å². The van der Waals surface area contributed by atoms with E-state index >= 15 is 0 Å². The summed E-state index contributed by atoms with van der Waals surface area (Å²) in [7, 11) is 1.98. The Morgan fingerprint density at radius 1 is 1.53 bits per heavy atom. The average Bonchev–Trinajstić information content (AvgIpc) is 2.91. The van der Waals surface area contributed by atoms with Gasteiger partial charge in [-0.3, -0.25) is 0 Å². The number of rotatable bonds is 3. The summed E-state index contributed by atoms with van der Waals surface area (Å²) in [5.41, 5.74) is 6.29. The number of anilines is 1. The lowest BCUT2D eigenvalue weighted by molar-refractivity contribution is 0.965. The molecule has 1 aromatic carbocycles. The summed E-state index contributed by atoms with van der Waals surface area (Å²) in [6, 6.07) is 8.08.